The number of aromatic amines is 1. The molecule has 0 saturated heterocycles. The number of benzene rings is 2. The van der Waals surface area contributed by atoms with E-state index < -0.39 is 39.7 Å². The van der Waals surface area contributed by atoms with Crippen LogP contribution in [0.15, 0.2) is 51.1 Å². The lowest BCUT2D eigenvalue weighted by Crippen LogP contribution is -2.32. The molecule has 0 spiro atoms. The monoisotopic (exact) mass is 432 g/mol. The van der Waals surface area contributed by atoms with Gasteiger partial charge in [0.2, 0.25) is 5.75 Å². The summed E-state index contributed by atoms with van der Waals surface area (Å²) in [4.78, 5) is 48.9. The van der Waals surface area contributed by atoms with E-state index >= 15 is 0 Å². The van der Waals surface area contributed by atoms with Gasteiger partial charge in [-0.15, -0.1) is 4.68 Å². The fourth-order valence-corrected chi connectivity index (χ4v) is 2.79. The first-order chi connectivity index (χ1) is 14.2. The lowest BCUT2D eigenvalue weighted by Gasteiger charge is -2.13. The van der Waals surface area contributed by atoms with Gasteiger partial charge in [0, 0.05) is 16.7 Å². The number of carboxylic acid groups (broad SMARTS) is 1. The molecule has 0 bridgehead atoms. The van der Waals surface area contributed by atoms with Crippen molar-refractivity contribution in [2.45, 2.75) is 13.0 Å². The first kappa shape index (κ1) is 20.7. The van der Waals surface area contributed by atoms with Gasteiger partial charge in [-0.3, -0.25) is 14.9 Å². The van der Waals surface area contributed by atoms with Gasteiger partial charge in [0.1, 0.15) is 0 Å². The fraction of sp³-hybridized carbons (Fsp3) is 0.111. The summed E-state index contributed by atoms with van der Waals surface area (Å²) in [5.74, 6) is -1.78. The van der Waals surface area contributed by atoms with Crippen molar-refractivity contribution in [3.8, 4) is 5.75 Å². The van der Waals surface area contributed by atoms with E-state index in [0.717, 1.165) is 12.3 Å². The summed E-state index contributed by atoms with van der Waals surface area (Å²) < 4.78 is 5.74. The average molecular weight is 433 g/mol. The fourth-order valence-electron chi connectivity index (χ4n) is 2.56. The molecule has 3 rings (SSSR count). The SMILES string of the molecule is CC(Oc1c(C=Nn2c(=O)[nH]c3ccccc3c2=O)cc(Cl)cc1[N+](=O)[O-])C(=O)O. The Bertz CT molecular complexity index is 1310. The first-order valence-electron chi connectivity index (χ1n) is 8.35. The molecule has 154 valence electrons. The molecule has 30 heavy (non-hydrogen) atoms. The van der Waals surface area contributed by atoms with E-state index in [1.165, 1.54) is 19.1 Å². The van der Waals surface area contributed by atoms with Crippen molar-refractivity contribution in [3.05, 3.63) is 77.9 Å². The van der Waals surface area contributed by atoms with Crippen molar-refractivity contribution in [1.82, 2.24) is 9.66 Å². The normalized spacial score (nSPS) is 12.2. The number of aromatic nitrogens is 2. The summed E-state index contributed by atoms with van der Waals surface area (Å²) >= 11 is 5.91. The number of H-pyrrole nitrogens is 1. The summed E-state index contributed by atoms with van der Waals surface area (Å²) in [5.41, 5.74) is -1.94. The summed E-state index contributed by atoms with van der Waals surface area (Å²) in [6.07, 6.45) is -0.474. The second-order valence-electron chi connectivity index (χ2n) is 6.04. The quantitative estimate of drug-likeness (QED) is 0.342. The Labute approximate surface area is 171 Å². The number of aliphatic carboxylic acids is 1. The van der Waals surface area contributed by atoms with Gasteiger partial charge in [-0.2, -0.15) is 5.10 Å². The minimum Gasteiger partial charge on any atom is -0.479 e. The molecule has 0 aliphatic heterocycles. The van der Waals surface area contributed by atoms with Gasteiger partial charge < -0.3 is 14.8 Å². The molecule has 0 amide bonds. The highest BCUT2D eigenvalue weighted by Gasteiger charge is 2.25. The van der Waals surface area contributed by atoms with Crippen LogP contribution in [0.4, 0.5) is 5.69 Å². The number of nitro benzene ring substituents is 1. The molecule has 0 fully saturated rings. The lowest BCUT2D eigenvalue weighted by molar-refractivity contribution is -0.386. The van der Waals surface area contributed by atoms with Crippen LogP contribution in [0.2, 0.25) is 5.02 Å². The maximum absolute atomic E-state index is 12.6. The standard InChI is InChI=1S/C18H13ClN4O7/c1-9(17(25)26)30-15-10(6-11(19)7-14(15)23(28)29)8-20-22-16(24)12-4-2-3-5-13(12)21-18(22)27/h2-9H,1H3,(H,21,27)(H,25,26). The van der Waals surface area contributed by atoms with Crippen LogP contribution in [-0.4, -0.2) is 38.0 Å². The number of carboxylic acids is 1. The van der Waals surface area contributed by atoms with E-state index in [9.17, 15) is 24.5 Å². The Hall–Kier alpha value is -3.99. The largest absolute Gasteiger partial charge is 0.479 e. The Kier molecular flexibility index (Phi) is 5.65. The molecule has 3 aromatic rings. The summed E-state index contributed by atoms with van der Waals surface area (Å²) in [6, 6.07) is 8.50. The van der Waals surface area contributed by atoms with Gasteiger partial charge in [-0.05, 0) is 25.1 Å². The predicted octanol–water partition coefficient (Wildman–Crippen LogP) is 1.99. The maximum Gasteiger partial charge on any atom is 0.349 e. The molecule has 2 N–H and O–H groups in total. The third-order valence-corrected chi connectivity index (χ3v) is 4.22. The molecule has 0 aliphatic carbocycles. The number of hydrogen-bond donors (Lipinski definition) is 2. The zero-order valence-corrected chi connectivity index (χ0v) is 16.0. The third-order valence-electron chi connectivity index (χ3n) is 4.00. The van der Waals surface area contributed by atoms with Crippen molar-refractivity contribution < 1.29 is 19.6 Å². The Morgan fingerprint density at radius 1 is 1.37 bits per heavy atom. The number of nitrogens with zero attached hydrogens (tertiary/aromatic N) is 3. The minimum absolute atomic E-state index is 0.0572. The molecular formula is C18H13ClN4O7. The molecule has 0 aliphatic rings. The molecule has 1 unspecified atom stereocenters. The number of hydrogen-bond acceptors (Lipinski definition) is 7. The molecule has 2 aromatic carbocycles. The number of fused-ring (bicyclic) bond motifs is 1. The summed E-state index contributed by atoms with van der Waals surface area (Å²) in [7, 11) is 0. The highest BCUT2D eigenvalue weighted by Crippen LogP contribution is 2.34. The average Bonchev–Trinajstić information content (AvgIpc) is 2.68. The second kappa shape index (κ2) is 8.17. The van der Waals surface area contributed by atoms with E-state index in [-0.39, 0.29) is 16.0 Å². The number of rotatable bonds is 6. The van der Waals surface area contributed by atoms with Crippen LogP contribution < -0.4 is 16.0 Å². The topological polar surface area (TPSA) is 157 Å². The zero-order valence-electron chi connectivity index (χ0n) is 15.2. The highest BCUT2D eigenvalue weighted by atomic mass is 35.5. The van der Waals surface area contributed by atoms with E-state index in [0.29, 0.717) is 10.2 Å². The van der Waals surface area contributed by atoms with Crippen molar-refractivity contribution in [3.63, 3.8) is 0 Å². The number of nitrogens with one attached hydrogen (secondary N) is 1. The van der Waals surface area contributed by atoms with Crippen LogP contribution in [0.25, 0.3) is 10.9 Å². The van der Waals surface area contributed by atoms with Gasteiger partial charge in [0.15, 0.2) is 6.10 Å². The first-order valence-corrected chi connectivity index (χ1v) is 8.72. The van der Waals surface area contributed by atoms with Crippen molar-refractivity contribution in [2.75, 3.05) is 0 Å². The van der Waals surface area contributed by atoms with Gasteiger partial charge in [-0.25, -0.2) is 9.59 Å². The van der Waals surface area contributed by atoms with Crippen molar-refractivity contribution in [2.24, 2.45) is 5.10 Å². The summed E-state index contributed by atoms with van der Waals surface area (Å²) in [6.45, 7) is 1.18. The van der Waals surface area contributed by atoms with E-state index in [4.69, 9.17) is 21.4 Å². The number of carbonyl (C=O) groups is 1. The molecule has 0 radical (unpaired) electrons. The smallest absolute Gasteiger partial charge is 0.349 e. The predicted molar refractivity (Wildman–Crippen MR) is 108 cm³/mol. The summed E-state index contributed by atoms with van der Waals surface area (Å²) in [5, 5.41) is 24.4. The third kappa shape index (κ3) is 4.05. The molecule has 1 heterocycles. The van der Waals surface area contributed by atoms with Crippen LogP contribution in [0.1, 0.15) is 12.5 Å². The van der Waals surface area contributed by atoms with Gasteiger partial charge in [0.25, 0.3) is 5.56 Å². The van der Waals surface area contributed by atoms with E-state index in [1.54, 1.807) is 18.2 Å². The Morgan fingerprint density at radius 3 is 2.73 bits per heavy atom. The van der Waals surface area contributed by atoms with Crippen LogP contribution in [0.5, 0.6) is 5.75 Å². The van der Waals surface area contributed by atoms with Gasteiger partial charge in [0.05, 0.1) is 22.0 Å². The van der Waals surface area contributed by atoms with Crippen molar-refractivity contribution in [1.29, 1.82) is 0 Å². The maximum atomic E-state index is 12.6. The van der Waals surface area contributed by atoms with Gasteiger partial charge in [-0.1, -0.05) is 23.7 Å². The molecular weight excluding hydrogens is 420 g/mol. The Morgan fingerprint density at radius 2 is 2.07 bits per heavy atom. The van der Waals surface area contributed by atoms with E-state index in [1.807, 2.05) is 0 Å². The molecule has 1 atom stereocenters. The number of nitro groups is 1. The number of ether oxygens (including phenoxy) is 1. The molecule has 0 saturated carbocycles. The van der Waals surface area contributed by atoms with E-state index in [2.05, 4.69) is 10.1 Å². The van der Waals surface area contributed by atoms with Crippen LogP contribution >= 0.6 is 11.6 Å². The van der Waals surface area contributed by atoms with Gasteiger partial charge >= 0.3 is 17.3 Å². The highest BCUT2D eigenvalue weighted by molar-refractivity contribution is 6.31. The van der Waals surface area contributed by atoms with Crippen molar-refractivity contribution >= 4 is 40.4 Å². The zero-order chi connectivity index (χ0) is 22.0. The number of halogens is 1. The minimum atomic E-state index is -1.43. The van der Waals surface area contributed by atoms with Crippen LogP contribution in [-0.2, 0) is 4.79 Å². The Balaban J connectivity index is 2.17. The molecule has 12 heteroatoms. The number of para-hydroxylation sites is 1. The van der Waals surface area contributed by atoms with Crippen LogP contribution in [0.3, 0.4) is 0 Å². The second-order valence-corrected chi connectivity index (χ2v) is 6.47. The molecule has 11 nitrogen and oxygen atoms in total. The lowest BCUT2D eigenvalue weighted by atomic mass is 10.2. The molecule has 1 aromatic heterocycles. The van der Waals surface area contributed by atoms with Crippen LogP contribution in [0, 0.1) is 10.1 Å².